The maximum absolute atomic E-state index is 14.3. The minimum Gasteiger partial charge on any atom is -0.373 e. The molecule has 0 radical (unpaired) electrons. The lowest BCUT2D eigenvalue weighted by molar-refractivity contribution is 0.148. The van der Waals surface area contributed by atoms with E-state index >= 15 is 0 Å². The van der Waals surface area contributed by atoms with Crippen LogP contribution in [0, 0.1) is 5.82 Å². The molecule has 0 heterocycles. The van der Waals surface area contributed by atoms with Crippen molar-refractivity contribution in [3.05, 3.63) is 78.1 Å². The molecule has 2 aromatic rings. The van der Waals surface area contributed by atoms with E-state index in [1.54, 1.807) is 18.2 Å². The Bertz CT molecular complexity index is 641. The molecular formula is C20H21FO. The van der Waals surface area contributed by atoms with Gasteiger partial charge in [0, 0.05) is 5.56 Å². The van der Waals surface area contributed by atoms with Gasteiger partial charge in [0.1, 0.15) is 5.82 Å². The molecule has 0 atom stereocenters. The van der Waals surface area contributed by atoms with Gasteiger partial charge in [-0.3, -0.25) is 0 Å². The van der Waals surface area contributed by atoms with Crippen LogP contribution in [0.2, 0.25) is 0 Å². The highest BCUT2D eigenvalue weighted by Crippen LogP contribution is 2.24. The Morgan fingerprint density at radius 3 is 2.50 bits per heavy atom. The van der Waals surface area contributed by atoms with Gasteiger partial charge in [-0.1, -0.05) is 68.1 Å². The summed E-state index contributed by atoms with van der Waals surface area (Å²) in [5, 5.41) is 0. The SMILES string of the molecule is C=Cc1ccc(-c2ccc(COCC=CCC)cc2F)cc1. The monoisotopic (exact) mass is 296 g/mol. The van der Waals surface area contributed by atoms with Crippen LogP contribution >= 0.6 is 0 Å². The van der Waals surface area contributed by atoms with Crippen molar-refractivity contribution in [2.24, 2.45) is 0 Å². The van der Waals surface area contributed by atoms with Gasteiger partial charge in [-0.25, -0.2) is 4.39 Å². The molecule has 1 nitrogen and oxygen atoms in total. The Morgan fingerprint density at radius 2 is 1.86 bits per heavy atom. The third-order valence-electron chi connectivity index (χ3n) is 3.38. The van der Waals surface area contributed by atoms with E-state index in [1.807, 2.05) is 36.4 Å². The van der Waals surface area contributed by atoms with E-state index in [2.05, 4.69) is 19.6 Å². The molecule has 0 aromatic heterocycles. The van der Waals surface area contributed by atoms with Gasteiger partial charge < -0.3 is 4.74 Å². The van der Waals surface area contributed by atoms with Crippen molar-refractivity contribution in [3.63, 3.8) is 0 Å². The summed E-state index contributed by atoms with van der Waals surface area (Å²) in [7, 11) is 0. The second-order valence-corrected chi connectivity index (χ2v) is 5.04. The first-order chi connectivity index (χ1) is 10.7. The molecule has 114 valence electrons. The molecule has 0 aliphatic carbocycles. The van der Waals surface area contributed by atoms with Gasteiger partial charge in [-0.15, -0.1) is 0 Å². The lowest BCUT2D eigenvalue weighted by atomic mass is 10.0. The number of hydrogen-bond acceptors (Lipinski definition) is 1. The molecule has 0 bridgehead atoms. The van der Waals surface area contributed by atoms with E-state index in [9.17, 15) is 4.39 Å². The van der Waals surface area contributed by atoms with Gasteiger partial charge >= 0.3 is 0 Å². The average Bonchev–Trinajstić information content (AvgIpc) is 2.55. The summed E-state index contributed by atoms with van der Waals surface area (Å²) >= 11 is 0. The van der Waals surface area contributed by atoms with Crippen molar-refractivity contribution in [2.75, 3.05) is 6.61 Å². The van der Waals surface area contributed by atoms with E-state index in [4.69, 9.17) is 4.74 Å². The zero-order chi connectivity index (χ0) is 15.8. The fraction of sp³-hybridized carbons (Fsp3) is 0.200. The van der Waals surface area contributed by atoms with Gasteiger partial charge in [0.25, 0.3) is 0 Å². The second-order valence-electron chi connectivity index (χ2n) is 5.04. The Morgan fingerprint density at radius 1 is 1.09 bits per heavy atom. The largest absolute Gasteiger partial charge is 0.373 e. The predicted octanol–water partition coefficient (Wildman–Crippen LogP) is 5.62. The molecule has 0 N–H and O–H groups in total. The number of allylic oxidation sites excluding steroid dienone is 1. The minimum absolute atomic E-state index is 0.225. The molecule has 0 aliphatic rings. The first-order valence-corrected chi connectivity index (χ1v) is 7.48. The summed E-state index contributed by atoms with van der Waals surface area (Å²) in [6.07, 6.45) is 6.80. The van der Waals surface area contributed by atoms with Crippen LogP contribution in [-0.4, -0.2) is 6.61 Å². The zero-order valence-corrected chi connectivity index (χ0v) is 12.9. The molecule has 0 spiro atoms. The Labute approximate surface area is 131 Å². The molecule has 0 saturated carbocycles. The number of halogens is 1. The lowest BCUT2D eigenvalue weighted by Gasteiger charge is -2.07. The van der Waals surface area contributed by atoms with Gasteiger partial charge in [0.2, 0.25) is 0 Å². The van der Waals surface area contributed by atoms with Crippen LogP contribution in [0.3, 0.4) is 0 Å². The highest BCUT2D eigenvalue weighted by Gasteiger charge is 2.06. The molecule has 2 aromatic carbocycles. The van der Waals surface area contributed by atoms with E-state index in [0.29, 0.717) is 18.8 Å². The Hall–Kier alpha value is -2.19. The van der Waals surface area contributed by atoms with Crippen LogP contribution in [0.4, 0.5) is 4.39 Å². The smallest absolute Gasteiger partial charge is 0.131 e. The highest BCUT2D eigenvalue weighted by molar-refractivity contribution is 5.66. The maximum Gasteiger partial charge on any atom is 0.131 e. The fourth-order valence-corrected chi connectivity index (χ4v) is 2.16. The van der Waals surface area contributed by atoms with Crippen LogP contribution in [-0.2, 0) is 11.3 Å². The molecule has 22 heavy (non-hydrogen) atoms. The number of ether oxygens (including phenoxy) is 1. The zero-order valence-electron chi connectivity index (χ0n) is 12.9. The lowest BCUT2D eigenvalue weighted by Crippen LogP contribution is -1.95. The summed E-state index contributed by atoms with van der Waals surface area (Å²) in [6.45, 7) is 6.77. The first kappa shape index (κ1) is 16.2. The summed E-state index contributed by atoms with van der Waals surface area (Å²) < 4.78 is 19.7. The molecule has 0 fully saturated rings. The van der Waals surface area contributed by atoms with Crippen LogP contribution in [0.5, 0.6) is 0 Å². The van der Waals surface area contributed by atoms with E-state index < -0.39 is 0 Å². The summed E-state index contributed by atoms with van der Waals surface area (Å²) in [4.78, 5) is 0. The number of rotatable bonds is 7. The maximum atomic E-state index is 14.3. The molecule has 2 heteroatoms. The molecule has 0 amide bonds. The molecule has 0 unspecified atom stereocenters. The standard InChI is InChI=1S/C20H21FO/c1-3-5-6-13-22-15-17-9-12-19(20(21)14-17)18-10-7-16(4-2)8-11-18/h4-12,14H,2-3,13,15H2,1H3. The van der Waals surface area contributed by atoms with Crippen molar-refractivity contribution in [1.29, 1.82) is 0 Å². The molecule has 2 rings (SSSR count). The first-order valence-electron chi connectivity index (χ1n) is 7.48. The quantitative estimate of drug-likeness (QED) is 0.476. The highest BCUT2D eigenvalue weighted by atomic mass is 19.1. The van der Waals surface area contributed by atoms with Gasteiger partial charge in [-0.2, -0.15) is 0 Å². The topological polar surface area (TPSA) is 9.23 Å². The van der Waals surface area contributed by atoms with E-state index in [0.717, 1.165) is 23.1 Å². The second kappa shape index (κ2) is 8.30. The van der Waals surface area contributed by atoms with Gasteiger partial charge in [-0.05, 0) is 29.2 Å². The van der Waals surface area contributed by atoms with Crippen molar-refractivity contribution >= 4 is 6.08 Å². The van der Waals surface area contributed by atoms with E-state index in [-0.39, 0.29) is 5.82 Å². The van der Waals surface area contributed by atoms with Crippen molar-refractivity contribution in [1.82, 2.24) is 0 Å². The number of hydrogen-bond donors (Lipinski definition) is 0. The molecular weight excluding hydrogens is 275 g/mol. The summed E-state index contributed by atoms with van der Waals surface area (Å²) in [5.74, 6) is -0.225. The molecule has 0 aliphatic heterocycles. The predicted molar refractivity (Wildman–Crippen MR) is 91.0 cm³/mol. The van der Waals surface area contributed by atoms with Crippen LogP contribution < -0.4 is 0 Å². The Balaban J connectivity index is 2.05. The number of benzene rings is 2. The minimum atomic E-state index is -0.225. The average molecular weight is 296 g/mol. The third-order valence-corrected chi connectivity index (χ3v) is 3.38. The molecule has 0 saturated heterocycles. The van der Waals surface area contributed by atoms with Crippen LogP contribution in [0.25, 0.3) is 17.2 Å². The van der Waals surface area contributed by atoms with E-state index in [1.165, 1.54) is 0 Å². The van der Waals surface area contributed by atoms with Crippen molar-refractivity contribution < 1.29 is 9.13 Å². The summed E-state index contributed by atoms with van der Waals surface area (Å²) in [6, 6.07) is 12.9. The third kappa shape index (κ3) is 4.40. The van der Waals surface area contributed by atoms with Crippen LogP contribution in [0.1, 0.15) is 24.5 Å². The normalized spacial score (nSPS) is 11.0. The summed E-state index contributed by atoms with van der Waals surface area (Å²) in [5.41, 5.74) is 3.33. The van der Waals surface area contributed by atoms with Gasteiger partial charge in [0.15, 0.2) is 0 Å². The van der Waals surface area contributed by atoms with Crippen molar-refractivity contribution in [2.45, 2.75) is 20.0 Å². The van der Waals surface area contributed by atoms with Crippen LogP contribution in [0.15, 0.2) is 61.2 Å². The van der Waals surface area contributed by atoms with Gasteiger partial charge in [0.05, 0.1) is 13.2 Å². The fourth-order valence-electron chi connectivity index (χ4n) is 2.16. The Kier molecular flexibility index (Phi) is 6.11. The van der Waals surface area contributed by atoms with Crippen molar-refractivity contribution in [3.8, 4) is 11.1 Å².